The Hall–Kier alpha value is -2.95. The van der Waals surface area contributed by atoms with Crippen molar-refractivity contribution in [1.82, 2.24) is 15.5 Å². The van der Waals surface area contributed by atoms with Crippen LogP contribution in [0.3, 0.4) is 0 Å². The maximum Gasteiger partial charge on any atom is 0.395 e. The number of hydrogen-bond acceptors (Lipinski definition) is 6. The lowest BCUT2D eigenvalue weighted by molar-refractivity contribution is -0.186. The second-order valence-corrected chi connectivity index (χ2v) is 10.4. The Balaban J connectivity index is 1.33. The number of likely N-dealkylation sites (N-methyl/N-ethyl adjacent to an activating group) is 1. The number of amides is 4. The number of halogens is 3. The molecule has 2 saturated carbocycles. The predicted molar refractivity (Wildman–Crippen MR) is 123 cm³/mol. The lowest BCUT2D eigenvalue weighted by atomic mass is 9.88. The van der Waals surface area contributed by atoms with Crippen molar-refractivity contribution in [1.29, 1.82) is 0 Å². The first kappa shape index (κ1) is 24.7. The fraction of sp³-hybridized carbons (Fsp3) is 0.600. The Morgan fingerprint density at radius 2 is 1.75 bits per heavy atom. The summed E-state index contributed by atoms with van der Waals surface area (Å²) < 4.78 is 40.3. The summed E-state index contributed by atoms with van der Waals surface area (Å²) in [5.41, 5.74) is -0.562. The van der Waals surface area contributed by atoms with Gasteiger partial charge in [-0.1, -0.05) is 12.8 Å². The third-order valence-corrected chi connectivity index (χ3v) is 8.22. The van der Waals surface area contributed by atoms with E-state index in [1.807, 2.05) is 11.9 Å². The maximum absolute atomic E-state index is 13.4. The zero-order valence-corrected chi connectivity index (χ0v) is 20.0. The zero-order valence-electron chi connectivity index (χ0n) is 20.0. The van der Waals surface area contributed by atoms with Crippen LogP contribution in [0.4, 0.5) is 18.9 Å². The molecule has 2 N–H and O–H groups in total. The van der Waals surface area contributed by atoms with Crippen LogP contribution in [0.15, 0.2) is 18.2 Å². The smallest absolute Gasteiger partial charge is 0.370 e. The first-order chi connectivity index (χ1) is 17.0. The minimum atomic E-state index is -4.21. The van der Waals surface area contributed by atoms with Crippen LogP contribution in [0.25, 0.3) is 0 Å². The number of piperidine rings is 1. The maximum atomic E-state index is 13.4. The summed E-state index contributed by atoms with van der Waals surface area (Å²) in [6, 6.07) is 3.66. The molecule has 0 bridgehead atoms. The number of carbonyl (C=O) groups excluding carboxylic acids is 4. The van der Waals surface area contributed by atoms with Crippen molar-refractivity contribution in [2.75, 3.05) is 18.5 Å². The van der Waals surface area contributed by atoms with Gasteiger partial charge in [-0.05, 0) is 50.3 Å². The van der Waals surface area contributed by atoms with Crippen LogP contribution in [0.5, 0.6) is 0 Å². The zero-order chi connectivity index (χ0) is 25.8. The molecule has 1 unspecified atom stereocenters. The van der Waals surface area contributed by atoms with Gasteiger partial charge in [-0.15, -0.1) is 0 Å². The predicted octanol–water partition coefficient (Wildman–Crippen LogP) is 2.77. The minimum absolute atomic E-state index is 0.0451. The first-order valence-electron chi connectivity index (χ1n) is 12.4. The topological polar surface area (TPSA) is 98.8 Å². The minimum Gasteiger partial charge on any atom is -0.370 e. The van der Waals surface area contributed by atoms with Gasteiger partial charge in [-0.25, -0.2) is 0 Å². The van der Waals surface area contributed by atoms with E-state index in [1.165, 1.54) is 0 Å². The second kappa shape index (κ2) is 8.86. The summed E-state index contributed by atoms with van der Waals surface area (Å²) in [6.45, 7) is -0.0937. The average molecular weight is 507 g/mol. The van der Waals surface area contributed by atoms with E-state index >= 15 is 0 Å². The van der Waals surface area contributed by atoms with E-state index in [0.29, 0.717) is 5.69 Å². The summed E-state index contributed by atoms with van der Waals surface area (Å²) in [5, 5.41) is 5.37. The van der Waals surface area contributed by atoms with Crippen molar-refractivity contribution in [3.05, 3.63) is 29.3 Å². The van der Waals surface area contributed by atoms with E-state index in [4.69, 9.17) is 0 Å². The van der Waals surface area contributed by atoms with Gasteiger partial charge in [0.05, 0.1) is 16.5 Å². The molecule has 2 aliphatic heterocycles. The van der Waals surface area contributed by atoms with Gasteiger partial charge in [0.15, 0.2) is 0 Å². The van der Waals surface area contributed by atoms with Gasteiger partial charge in [0.2, 0.25) is 11.8 Å². The summed E-state index contributed by atoms with van der Waals surface area (Å²) >= 11 is 0. The van der Waals surface area contributed by atoms with Gasteiger partial charge in [0.1, 0.15) is 6.04 Å². The van der Waals surface area contributed by atoms with Gasteiger partial charge < -0.3 is 10.2 Å². The number of alkyl halides is 3. The fourth-order valence-electron chi connectivity index (χ4n) is 5.72. The van der Waals surface area contributed by atoms with E-state index in [1.54, 1.807) is 18.2 Å². The first-order valence-corrected chi connectivity index (χ1v) is 12.4. The van der Waals surface area contributed by atoms with E-state index in [-0.39, 0.29) is 55.4 Å². The number of nitrogens with zero attached hydrogens (tertiary/aromatic N) is 2. The molecule has 1 saturated heterocycles. The molecule has 0 radical (unpaired) electrons. The molecule has 2 aliphatic carbocycles. The third-order valence-electron chi connectivity index (χ3n) is 8.22. The number of rotatable bonds is 6. The lowest BCUT2D eigenvalue weighted by Crippen LogP contribution is -2.54. The molecule has 11 heteroatoms. The Morgan fingerprint density at radius 1 is 1.06 bits per heavy atom. The molecule has 0 aromatic heterocycles. The second-order valence-electron chi connectivity index (χ2n) is 10.4. The SMILES string of the molecule is CN(c1ccc2c(c1)C(=O)N(C1CCC(=O)NC1=O)C2=O)[C@H]1CCCC[C@@H]1NCC1(C(F)(F)F)CC1. The molecular weight excluding hydrogens is 477 g/mol. The summed E-state index contributed by atoms with van der Waals surface area (Å²) in [6.07, 6.45) is -0.349. The van der Waals surface area contributed by atoms with E-state index in [9.17, 15) is 32.3 Å². The summed E-state index contributed by atoms with van der Waals surface area (Å²) in [5.74, 6) is -2.26. The molecule has 8 nitrogen and oxygen atoms in total. The van der Waals surface area contributed by atoms with Crippen molar-refractivity contribution in [2.45, 2.75) is 75.7 Å². The van der Waals surface area contributed by atoms with Gasteiger partial charge in [0, 0.05) is 37.8 Å². The van der Waals surface area contributed by atoms with E-state index in [2.05, 4.69) is 10.6 Å². The molecule has 1 aromatic carbocycles. The number of imide groups is 2. The molecule has 194 valence electrons. The highest BCUT2D eigenvalue weighted by molar-refractivity contribution is 6.23. The number of benzene rings is 1. The van der Waals surface area contributed by atoms with Gasteiger partial charge >= 0.3 is 6.18 Å². The molecule has 5 rings (SSSR count). The molecule has 2 heterocycles. The third kappa shape index (κ3) is 4.16. The molecule has 36 heavy (non-hydrogen) atoms. The molecule has 4 amide bonds. The lowest BCUT2D eigenvalue weighted by Gasteiger charge is -2.40. The van der Waals surface area contributed by atoms with Crippen molar-refractivity contribution in [3.8, 4) is 0 Å². The van der Waals surface area contributed by atoms with Crippen LogP contribution in [0.2, 0.25) is 0 Å². The average Bonchev–Trinajstić information content (AvgIpc) is 3.60. The molecule has 0 spiro atoms. The highest BCUT2D eigenvalue weighted by Crippen LogP contribution is 2.57. The Kier molecular flexibility index (Phi) is 6.09. The molecular formula is C25H29F3N4O4. The summed E-state index contributed by atoms with van der Waals surface area (Å²) in [4.78, 5) is 52.8. The van der Waals surface area contributed by atoms with Crippen LogP contribution in [0, 0.1) is 5.41 Å². The molecule has 1 aromatic rings. The van der Waals surface area contributed by atoms with Crippen LogP contribution >= 0.6 is 0 Å². The van der Waals surface area contributed by atoms with E-state index in [0.717, 1.165) is 30.6 Å². The van der Waals surface area contributed by atoms with Crippen molar-refractivity contribution in [3.63, 3.8) is 0 Å². The van der Waals surface area contributed by atoms with Crippen LogP contribution in [0.1, 0.15) is 72.1 Å². The highest BCUT2D eigenvalue weighted by Gasteiger charge is 2.63. The van der Waals surface area contributed by atoms with Crippen LogP contribution in [-0.2, 0) is 9.59 Å². The highest BCUT2D eigenvalue weighted by atomic mass is 19.4. The van der Waals surface area contributed by atoms with Gasteiger partial charge in [-0.3, -0.25) is 29.4 Å². The standard InChI is InChI=1S/C25H29F3N4O4/c1-31(18-5-3-2-4-17(18)29-13-24(10-11-24)25(26,27)28)14-6-7-15-16(12-14)23(36)32(22(15)35)19-8-9-20(33)30-21(19)34/h6-7,12,17-19,29H,2-5,8-11,13H2,1H3,(H,30,33,34)/t17-,18-,19?/m0/s1. The number of fused-ring (bicyclic) bond motifs is 1. The monoisotopic (exact) mass is 506 g/mol. The van der Waals surface area contributed by atoms with Crippen LogP contribution in [-0.4, -0.2) is 66.4 Å². The number of anilines is 1. The number of carbonyl (C=O) groups is 4. The quantitative estimate of drug-likeness (QED) is 0.576. The van der Waals surface area contributed by atoms with Gasteiger partial charge in [-0.2, -0.15) is 13.2 Å². The molecule has 3 atom stereocenters. The number of nitrogens with one attached hydrogen (secondary N) is 2. The van der Waals surface area contributed by atoms with Crippen molar-refractivity contribution in [2.24, 2.45) is 5.41 Å². The van der Waals surface area contributed by atoms with Gasteiger partial charge in [0.25, 0.3) is 11.8 Å². The van der Waals surface area contributed by atoms with Crippen LogP contribution < -0.4 is 15.5 Å². The van der Waals surface area contributed by atoms with E-state index < -0.39 is 41.3 Å². The summed E-state index contributed by atoms with van der Waals surface area (Å²) in [7, 11) is 1.85. The van der Waals surface area contributed by atoms with Crippen molar-refractivity contribution < 1.29 is 32.3 Å². The normalized spacial score (nSPS) is 27.7. The van der Waals surface area contributed by atoms with Crippen molar-refractivity contribution >= 4 is 29.3 Å². The largest absolute Gasteiger partial charge is 0.395 e. The fourth-order valence-corrected chi connectivity index (χ4v) is 5.72. The molecule has 4 aliphatic rings. The molecule has 3 fully saturated rings. The Labute approximate surface area is 206 Å². The Morgan fingerprint density at radius 3 is 2.42 bits per heavy atom. The Bertz CT molecular complexity index is 1120. The number of hydrogen-bond donors (Lipinski definition) is 2.